The molecule has 0 N–H and O–H groups in total. The third kappa shape index (κ3) is 1.13. The fraction of sp³-hybridized carbons (Fsp3) is 0.875. The summed E-state index contributed by atoms with van der Waals surface area (Å²) in [4.78, 5) is 13.2. The van der Waals surface area contributed by atoms with Gasteiger partial charge in [0.15, 0.2) is 0 Å². The monoisotopic (exact) mass is 155 g/mol. The van der Waals surface area contributed by atoms with E-state index in [-0.39, 0.29) is 18.2 Å². The summed E-state index contributed by atoms with van der Waals surface area (Å²) in [6, 6.07) is 0. The van der Waals surface area contributed by atoms with Crippen molar-refractivity contribution in [3.63, 3.8) is 0 Å². The Morgan fingerprint density at radius 3 is 3.27 bits per heavy atom. The number of nitrogens with zero attached hydrogens (tertiary/aromatic N) is 1. The molecule has 1 amide bonds. The van der Waals surface area contributed by atoms with Gasteiger partial charge in [0.05, 0.1) is 12.5 Å². The van der Waals surface area contributed by atoms with E-state index < -0.39 is 0 Å². The van der Waals surface area contributed by atoms with Crippen LogP contribution in [-0.2, 0) is 9.53 Å². The van der Waals surface area contributed by atoms with E-state index in [4.69, 9.17) is 4.74 Å². The van der Waals surface area contributed by atoms with Crippen LogP contribution in [0.2, 0.25) is 0 Å². The molecule has 2 heterocycles. The number of fused-ring (bicyclic) bond motifs is 1. The van der Waals surface area contributed by atoms with Gasteiger partial charge in [-0.15, -0.1) is 0 Å². The van der Waals surface area contributed by atoms with Gasteiger partial charge in [-0.1, -0.05) is 0 Å². The molecule has 0 radical (unpaired) electrons. The van der Waals surface area contributed by atoms with Gasteiger partial charge in [-0.3, -0.25) is 4.79 Å². The molecule has 2 fully saturated rings. The molecule has 3 nitrogen and oxygen atoms in total. The van der Waals surface area contributed by atoms with Gasteiger partial charge in [-0.25, -0.2) is 0 Å². The average molecular weight is 155 g/mol. The molecule has 2 aliphatic rings. The highest BCUT2D eigenvalue weighted by molar-refractivity contribution is 5.77. The van der Waals surface area contributed by atoms with E-state index >= 15 is 0 Å². The van der Waals surface area contributed by atoms with Crippen LogP contribution in [0, 0.1) is 0 Å². The normalized spacial score (nSPS) is 37.5. The van der Waals surface area contributed by atoms with Crippen molar-refractivity contribution in [3.05, 3.63) is 0 Å². The number of carbonyl (C=O) groups excluding carboxylic acids is 1. The Bertz CT molecular complexity index is 181. The fourth-order valence-corrected chi connectivity index (χ4v) is 1.84. The summed E-state index contributed by atoms with van der Waals surface area (Å²) < 4.78 is 5.59. The molecular weight excluding hydrogens is 142 g/mol. The standard InChI is InChI=1S/C8H13NO2/c1-6-5-7(10)9-4-2-3-8(9)11-6/h6,8H,2-5H2,1H3. The lowest BCUT2D eigenvalue weighted by Crippen LogP contribution is -2.45. The van der Waals surface area contributed by atoms with E-state index in [1.54, 1.807) is 0 Å². The second-order valence-corrected chi connectivity index (χ2v) is 3.33. The van der Waals surface area contributed by atoms with Crippen LogP contribution in [0.15, 0.2) is 0 Å². The SMILES string of the molecule is CC1CC(=O)N2CCCC2O1. The molecule has 2 atom stereocenters. The van der Waals surface area contributed by atoms with E-state index in [1.807, 2.05) is 11.8 Å². The van der Waals surface area contributed by atoms with E-state index in [1.165, 1.54) is 0 Å². The van der Waals surface area contributed by atoms with E-state index in [0.29, 0.717) is 6.42 Å². The van der Waals surface area contributed by atoms with Gasteiger partial charge in [0, 0.05) is 6.54 Å². The minimum absolute atomic E-state index is 0.103. The molecule has 0 aromatic heterocycles. The summed E-state index contributed by atoms with van der Waals surface area (Å²) in [6.07, 6.45) is 2.92. The van der Waals surface area contributed by atoms with Gasteiger partial charge in [0.25, 0.3) is 0 Å². The highest BCUT2D eigenvalue weighted by Crippen LogP contribution is 2.25. The first-order valence-corrected chi connectivity index (χ1v) is 4.22. The molecule has 2 rings (SSSR count). The summed E-state index contributed by atoms with van der Waals surface area (Å²) in [5.41, 5.74) is 0. The zero-order valence-electron chi connectivity index (χ0n) is 6.75. The van der Waals surface area contributed by atoms with E-state index in [0.717, 1.165) is 19.4 Å². The Hall–Kier alpha value is -0.570. The number of hydrogen-bond donors (Lipinski definition) is 0. The minimum Gasteiger partial charge on any atom is -0.355 e. The molecule has 11 heavy (non-hydrogen) atoms. The van der Waals surface area contributed by atoms with Crippen LogP contribution in [0.4, 0.5) is 0 Å². The smallest absolute Gasteiger partial charge is 0.227 e. The Morgan fingerprint density at radius 1 is 1.64 bits per heavy atom. The predicted octanol–water partition coefficient (Wildman–Crippen LogP) is 0.744. The van der Waals surface area contributed by atoms with Crippen molar-refractivity contribution in [2.24, 2.45) is 0 Å². The zero-order valence-corrected chi connectivity index (χ0v) is 6.75. The molecule has 0 spiro atoms. The lowest BCUT2D eigenvalue weighted by molar-refractivity contribution is -0.164. The first-order valence-electron chi connectivity index (χ1n) is 4.22. The van der Waals surface area contributed by atoms with E-state index in [9.17, 15) is 4.79 Å². The van der Waals surface area contributed by atoms with Crippen molar-refractivity contribution in [1.29, 1.82) is 0 Å². The molecule has 2 unspecified atom stereocenters. The summed E-state index contributed by atoms with van der Waals surface area (Å²) >= 11 is 0. The number of hydrogen-bond acceptors (Lipinski definition) is 2. The first kappa shape index (κ1) is 7.10. The quantitative estimate of drug-likeness (QED) is 0.516. The second-order valence-electron chi connectivity index (χ2n) is 3.33. The number of carbonyl (C=O) groups is 1. The number of amides is 1. The molecule has 2 saturated heterocycles. The van der Waals surface area contributed by atoms with Crippen LogP contribution < -0.4 is 0 Å². The summed E-state index contributed by atoms with van der Waals surface area (Å²) in [7, 11) is 0. The number of ether oxygens (including phenoxy) is 1. The first-order chi connectivity index (χ1) is 5.27. The van der Waals surface area contributed by atoms with Crippen LogP contribution in [0.3, 0.4) is 0 Å². The maximum Gasteiger partial charge on any atom is 0.227 e. The largest absolute Gasteiger partial charge is 0.355 e. The molecule has 0 aliphatic carbocycles. The highest BCUT2D eigenvalue weighted by atomic mass is 16.5. The van der Waals surface area contributed by atoms with Gasteiger partial charge in [-0.2, -0.15) is 0 Å². The Labute approximate surface area is 66.3 Å². The van der Waals surface area contributed by atoms with Gasteiger partial charge in [0.1, 0.15) is 6.23 Å². The Morgan fingerprint density at radius 2 is 2.45 bits per heavy atom. The van der Waals surface area contributed by atoms with Gasteiger partial charge in [0.2, 0.25) is 5.91 Å². The lowest BCUT2D eigenvalue weighted by Gasteiger charge is -2.33. The topological polar surface area (TPSA) is 29.5 Å². The maximum atomic E-state index is 11.3. The molecule has 0 saturated carbocycles. The molecule has 0 aromatic carbocycles. The molecular formula is C8H13NO2. The Balaban J connectivity index is 2.10. The highest BCUT2D eigenvalue weighted by Gasteiger charge is 2.35. The molecule has 3 heteroatoms. The predicted molar refractivity (Wildman–Crippen MR) is 39.9 cm³/mol. The fourth-order valence-electron chi connectivity index (χ4n) is 1.84. The molecule has 2 aliphatic heterocycles. The van der Waals surface area contributed by atoms with Crippen LogP contribution in [-0.4, -0.2) is 29.7 Å². The average Bonchev–Trinajstić information content (AvgIpc) is 2.34. The van der Waals surface area contributed by atoms with Crippen LogP contribution >= 0.6 is 0 Å². The Kier molecular flexibility index (Phi) is 1.60. The van der Waals surface area contributed by atoms with E-state index in [2.05, 4.69) is 0 Å². The third-order valence-electron chi connectivity index (χ3n) is 2.37. The van der Waals surface area contributed by atoms with Gasteiger partial charge < -0.3 is 9.64 Å². The number of rotatable bonds is 0. The lowest BCUT2D eigenvalue weighted by atomic mass is 10.2. The van der Waals surface area contributed by atoms with Crippen molar-refractivity contribution < 1.29 is 9.53 Å². The maximum absolute atomic E-state index is 11.3. The van der Waals surface area contributed by atoms with Gasteiger partial charge in [-0.05, 0) is 19.8 Å². The molecule has 62 valence electrons. The van der Waals surface area contributed by atoms with Crippen molar-refractivity contribution in [2.45, 2.75) is 38.5 Å². The third-order valence-corrected chi connectivity index (χ3v) is 2.37. The zero-order chi connectivity index (χ0) is 7.84. The van der Waals surface area contributed by atoms with Crippen LogP contribution in [0.1, 0.15) is 26.2 Å². The molecule has 0 aromatic rings. The van der Waals surface area contributed by atoms with Gasteiger partial charge >= 0.3 is 0 Å². The summed E-state index contributed by atoms with van der Waals surface area (Å²) in [5, 5.41) is 0. The van der Waals surface area contributed by atoms with Crippen LogP contribution in [0.25, 0.3) is 0 Å². The van der Waals surface area contributed by atoms with Crippen molar-refractivity contribution >= 4 is 5.91 Å². The summed E-state index contributed by atoms with van der Waals surface area (Å²) in [5.74, 6) is 0.270. The van der Waals surface area contributed by atoms with Crippen molar-refractivity contribution in [1.82, 2.24) is 4.90 Å². The minimum atomic E-state index is 0.103. The van der Waals surface area contributed by atoms with Crippen LogP contribution in [0.5, 0.6) is 0 Å². The van der Waals surface area contributed by atoms with Crippen molar-refractivity contribution in [3.8, 4) is 0 Å². The molecule has 0 bridgehead atoms. The second kappa shape index (κ2) is 2.48. The summed E-state index contributed by atoms with van der Waals surface area (Å²) in [6.45, 7) is 2.86. The van der Waals surface area contributed by atoms with Crippen molar-refractivity contribution in [2.75, 3.05) is 6.54 Å².